The lowest BCUT2D eigenvalue weighted by Crippen LogP contribution is -2.53. The first-order valence-corrected chi connectivity index (χ1v) is 15.8. The van der Waals surface area contributed by atoms with E-state index < -0.39 is 23.8 Å². The van der Waals surface area contributed by atoms with Gasteiger partial charge in [-0.2, -0.15) is 18.4 Å². The zero-order valence-electron chi connectivity index (χ0n) is 25.3. The second kappa shape index (κ2) is 15.5. The van der Waals surface area contributed by atoms with Gasteiger partial charge < -0.3 is 20.5 Å². The lowest BCUT2D eigenvalue weighted by Gasteiger charge is -2.37. The number of alkyl halides is 3. The zero-order valence-corrected chi connectivity index (χ0v) is 27.7. The Morgan fingerprint density at radius 3 is 2.50 bits per heavy atom. The number of Topliss-reactive ketones (excluding diaryl/α,β-unsaturated/α-hetero) is 1. The van der Waals surface area contributed by atoms with Gasteiger partial charge in [0.25, 0.3) is 0 Å². The van der Waals surface area contributed by atoms with Gasteiger partial charge in [-0.05, 0) is 72.1 Å². The third-order valence-electron chi connectivity index (χ3n) is 7.50. The second-order valence-electron chi connectivity index (χ2n) is 11.4. The summed E-state index contributed by atoms with van der Waals surface area (Å²) >= 11 is 9.18. The zero-order chi connectivity index (χ0) is 33.4. The molecule has 0 aliphatic rings. The largest absolute Gasteiger partial charge is 0.416 e. The number of nitriles is 1. The van der Waals surface area contributed by atoms with Crippen molar-refractivity contribution in [1.82, 2.24) is 14.5 Å². The van der Waals surface area contributed by atoms with Crippen molar-refractivity contribution in [2.45, 2.75) is 52.1 Å². The minimum absolute atomic E-state index is 0.0138. The fourth-order valence-electron chi connectivity index (χ4n) is 5.21. The number of nitrogens with zero attached hydrogens (tertiary/aromatic N) is 4. The van der Waals surface area contributed by atoms with Gasteiger partial charge in [-0.3, -0.25) is 4.79 Å². The molecular formula is C34H34BrF3N6OS. The molecule has 7 nitrogen and oxygen atoms in total. The van der Waals surface area contributed by atoms with E-state index in [1.54, 1.807) is 42.9 Å². The van der Waals surface area contributed by atoms with E-state index in [-0.39, 0.29) is 35.3 Å². The van der Waals surface area contributed by atoms with Gasteiger partial charge in [-0.25, -0.2) is 4.98 Å². The minimum Gasteiger partial charge on any atom is -0.333 e. The molecule has 3 N–H and O–H groups in total. The van der Waals surface area contributed by atoms with Gasteiger partial charge in [0.15, 0.2) is 5.11 Å². The lowest BCUT2D eigenvalue weighted by molar-refractivity contribution is -0.138. The molecule has 2 atom stereocenters. The Morgan fingerprint density at radius 1 is 1.13 bits per heavy atom. The number of nitrogens with two attached hydrogens (primary N) is 1. The fourth-order valence-corrected chi connectivity index (χ4v) is 5.91. The first kappa shape index (κ1) is 34.8. The number of rotatable bonds is 12. The highest BCUT2D eigenvalue weighted by molar-refractivity contribution is 9.10. The van der Waals surface area contributed by atoms with Crippen LogP contribution in [0.3, 0.4) is 0 Å². The highest BCUT2D eigenvalue weighted by Gasteiger charge is 2.36. The molecule has 0 fully saturated rings. The summed E-state index contributed by atoms with van der Waals surface area (Å²) in [6, 6.07) is 21.7. The maximum Gasteiger partial charge on any atom is 0.416 e. The van der Waals surface area contributed by atoms with Crippen LogP contribution in [0.25, 0.3) is 0 Å². The Bertz CT molecular complexity index is 1700. The van der Waals surface area contributed by atoms with Crippen molar-refractivity contribution in [3.05, 3.63) is 118 Å². The summed E-state index contributed by atoms with van der Waals surface area (Å²) in [6.45, 7) is 4.10. The number of hydrogen-bond donors (Lipinski definition) is 2. The van der Waals surface area contributed by atoms with E-state index in [0.29, 0.717) is 29.9 Å². The Kier molecular flexibility index (Phi) is 11.7. The number of nitrogens with one attached hydrogen (secondary N) is 1. The SMILES string of the molecule is CC(C)C[C@H](C(=O)Cc1cncn1Cc1ccc(C#N)cc1)C(N)N(Cc1ccccc1C(F)(F)F)C(=S)Nc1cccc(Br)c1. The van der Waals surface area contributed by atoms with Crippen molar-refractivity contribution in [1.29, 1.82) is 5.26 Å². The minimum atomic E-state index is -4.59. The summed E-state index contributed by atoms with van der Waals surface area (Å²) < 4.78 is 44.7. The van der Waals surface area contributed by atoms with Crippen molar-refractivity contribution in [3.63, 3.8) is 0 Å². The summed E-state index contributed by atoms with van der Waals surface area (Å²) in [5, 5.41) is 12.3. The number of halogens is 4. The predicted molar refractivity (Wildman–Crippen MR) is 179 cm³/mol. The Hall–Kier alpha value is -4.05. The molecule has 0 aliphatic carbocycles. The van der Waals surface area contributed by atoms with Crippen LogP contribution in [-0.2, 0) is 30.5 Å². The third kappa shape index (κ3) is 9.25. The van der Waals surface area contributed by atoms with E-state index in [2.05, 4.69) is 32.3 Å². The van der Waals surface area contributed by atoms with Crippen LogP contribution >= 0.6 is 28.1 Å². The average Bonchev–Trinajstić information content (AvgIpc) is 3.44. The van der Waals surface area contributed by atoms with Gasteiger partial charge in [0.1, 0.15) is 5.78 Å². The molecule has 0 amide bonds. The number of hydrogen-bond acceptors (Lipinski definition) is 5. The van der Waals surface area contributed by atoms with E-state index in [9.17, 15) is 18.0 Å². The van der Waals surface area contributed by atoms with E-state index in [4.69, 9.17) is 23.2 Å². The van der Waals surface area contributed by atoms with Crippen molar-refractivity contribution in [3.8, 4) is 6.07 Å². The third-order valence-corrected chi connectivity index (χ3v) is 8.33. The number of thiocarbonyl (C=S) groups is 1. The molecule has 0 bridgehead atoms. The summed E-state index contributed by atoms with van der Waals surface area (Å²) in [6.07, 6.45) is -1.97. The van der Waals surface area contributed by atoms with Crippen molar-refractivity contribution < 1.29 is 18.0 Å². The van der Waals surface area contributed by atoms with E-state index in [1.807, 2.05) is 36.6 Å². The molecule has 12 heteroatoms. The quantitative estimate of drug-likeness (QED) is 0.116. The Morgan fingerprint density at radius 2 is 1.85 bits per heavy atom. The summed E-state index contributed by atoms with van der Waals surface area (Å²) in [4.78, 5) is 19.8. The highest BCUT2D eigenvalue weighted by atomic mass is 79.9. The van der Waals surface area contributed by atoms with Crippen LogP contribution in [0, 0.1) is 23.2 Å². The van der Waals surface area contributed by atoms with E-state index >= 15 is 0 Å². The van der Waals surface area contributed by atoms with Gasteiger partial charge in [0, 0.05) is 41.6 Å². The molecule has 3 aromatic carbocycles. The first-order valence-electron chi connectivity index (χ1n) is 14.6. The molecular weight excluding hydrogens is 677 g/mol. The predicted octanol–water partition coefficient (Wildman–Crippen LogP) is 7.54. The van der Waals surface area contributed by atoms with E-state index in [1.165, 1.54) is 23.1 Å². The lowest BCUT2D eigenvalue weighted by atomic mass is 9.88. The number of anilines is 1. The number of ketones is 1. The summed E-state index contributed by atoms with van der Waals surface area (Å²) in [5.41, 5.74) is 8.80. The average molecular weight is 712 g/mol. The van der Waals surface area contributed by atoms with Gasteiger partial charge in [0.2, 0.25) is 0 Å². The molecule has 0 aliphatic heterocycles. The summed E-state index contributed by atoms with van der Waals surface area (Å²) in [7, 11) is 0. The molecule has 0 radical (unpaired) electrons. The molecule has 0 saturated carbocycles. The standard InChI is InChI=1S/C34H34BrF3N6OS/c1-22(2)14-29(31(45)16-28-18-41-21-43(28)19-24-12-10-23(17-39)11-13-24)32(40)44(33(46)42-27-8-5-7-26(35)15-27)20-25-6-3-4-9-30(25)34(36,37)38/h3-13,15,18,21-22,29,32H,14,16,19-20,40H2,1-2H3,(H,42,46)/t29-,32?/m1/s1. The van der Waals surface area contributed by atoms with Gasteiger partial charge in [0.05, 0.1) is 35.6 Å². The van der Waals surface area contributed by atoms with Crippen LogP contribution in [0.15, 0.2) is 89.8 Å². The van der Waals surface area contributed by atoms with Crippen LogP contribution in [0.5, 0.6) is 0 Å². The van der Waals surface area contributed by atoms with Crippen LogP contribution in [0.1, 0.15) is 48.2 Å². The number of aromatic nitrogens is 2. The smallest absolute Gasteiger partial charge is 0.333 e. The van der Waals surface area contributed by atoms with Crippen LogP contribution < -0.4 is 11.1 Å². The molecule has 1 heterocycles. The van der Waals surface area contributed by atoms with Crippen LogP contribution in [0.2, 0.25) is 0 Å². The topological polar surface area (TPSA) is 100.0 Å². The second-order valence-corrected chi connectivity index (χ2v) is 12.7. The molecule has 4 rings (SSSR count). The molecule has 46 heavy (non-hydrogen) atoms. The molecule has 4 aromatic rings. The normalized spacial score (nSPS) is 12.8. The monoisotopic (exact) mass is 710 g/mol. The highest BCUT2D eigenvalue weighted by Crippen LogP contribution is 2.33. The van der Waals surface area contributed by atoms with Crippen molar-refractivity contribution >= 4 is 44.7 Å². The summed E-state index contributed by atoms with van der Waals surface area (Å²) in [5.74, 6) is -0.889. The fraction of sp³-hybridized carbons (Fsp3) is 0.294. The first-order chi connectivity index (χ1) is 21.8. The number of carbonyl (C=O) groups excluding carboxylic acids is 1. The van der Waals surface area contributed by atoms with Crippen LogP contribution in [0.4, 0.5) is 18.9 Å². The Balaban J connectivity index is 1.64. The van der Waals surface area contributed by atoms with Gasteiger partial charge in [-0.15, -0.1) is 0 Å². The molecule has 0 spiro atoms. The maximum atomic E-state index is 14.1. The van der Waals surface area contributed by atoms with Crippen LogP contribution in [-0.4, -0.2) is 31.5 Å². The van der Waals surface area contributed by atoms with Crippen molar-refractivity contribution in [2.75, 3.05) is 5.32 Å². The van der Waals surface area contributed by atoms with Gasteiger partial charge >= 0.3 is 6.18 Å². The number of carbonyl (C=O) groups is 1. The molecule has 0 saturated heterocycles. The number of benzene rings is 3. The molecule has 1 aromatic heterocycles. The Labute approximate surface area is 280 Å². The molecule has 1 unspecified atom stereocenters. The van der Waals surface area contributed by atoms with Crippen molar-refractivity contribution in [2.24, 2.45) is 17.6 Å². The number of imidazole rings is 1. The van der Waals surface area contributed by atoms with Gasteiger partial charge in [-0.1, -0.05) is 66.2 Å². The maximum absolute atomic E-state index is 14.1. The van der Waals surface area contributed by atoms with E-state index in [0.717, 1.165) is 16.1 Å². The molecule has 240 valence electrons.